The third-order valence-electron chi connectivity index (χ3n) is 3.91. The number of nitrogens with zero attached hydrogens (tertiary/aromatic N) is 2. The predicted molar refractivity (Wildman–Crippen MR) is 105 cm³/mol. The maximum Gasteiger partial charge on any atom is 0.339 e. The van der Waals surface area contributed by atoms with Crippen molar-refractivity contribution in [3.05, 3.63) is 65.4 Å². The van der Waals surface area contributed by atoms with Crippen LogP contribution in [0.4, 0.5) is 5.13 Å². The number of carbonyl (C=O) groups is 2. The normalized spacial score (nSPS) is 10.8. The summed E-state index contributed by atoms with van der Waals surface area (Å²) in [5, 5.41) is 5.53. The fourth-order valence-electron chi connectivity index (χ4n) is 2.67. The van der Waals surface area contributed by atoms with E-state index in [2.05, 4.69) is 15.3 Å². The largest absolute Gasteiger partial charge is 0.463 e. The van der Waals surface area contributed by atoms with E-state index in [0.717, 1.165) is 5.69 Å². The summed E-state index contributed by atoms with van der Waals surface area (Å²) in [6.45, 7) is 1.42. The van der Waals surface area contributed by atoms with Crippen LogP contribution in [-0.2, 0) is 9.53 Å². The van der Waals surface area contributed by atoms with Gasteiger partial charge in [-0.25, -0.2) is 14.8 Å². The molecular formula is C20H15N3O4S. The lowest BCUT2D eigenvalue weighted by Gasteiger charge is -2.09. The van der Waals surface area contributed by atoms with Crippen molar-refractivity contribution in [2.75, 3.05) is 11.9 Å². The highest BCUT2D eigenvalue weighted by atomic mass is 32.1. The number of para-hydroxylation sites is 1. The Morgan fingerprint density at radius 1 is 1.18 bits per heavy atom. The number of aromatic nitrogens is 2. The molecule has 28 heavy (non-hydrogen) atoms. The van der Waals surface area contributed by atoms with Gasteiger partial charge < -0.3 is 9.15 Å². The average molecular weight is 393 g/mol. The van der Waals surface area contributed by atoms with Crippen LogP contribution >= 0.6 is 11.3 Å². The second kappa shape index (κ2) is 7.61. The van der Waals surface area contributed by atoms with Gasteiger partial charge in [0.1, 0.15) is 5.69 Å². The van der Waals surface area contributed by atoms with E-state index in [9.17, 15) is 9.59 Å². The van der Waals surface area contributed by atoms with Crippen LogP contribution in [0.25, 0.3) is 22.4 Å². The fourth-order valence-corrected chi connectivity index (χ4v) is 3.37. The molecule has 1 aromatic carbocycles. The number of hydrogen-bond donors (Lipinski definition) is 1. The summed E-state index contributed by atoms with van der Waals surface area (Å²) in [6, 6.07) is 12.3. The second-order valence-corrected chi connectivity index (χ2v) is 6.83. The van der Waals surface area contributed by atoms with Crippen molar-refractivity contribution in [1.82, 2.24) is 9.97 Å². The van der Waals surface area contributed by atoms with Gasteiger partial charge in [0.25, 0.3) is 5.91 Å². The van der Waals surface area contributed by atoms with Crippen molar-refractivity contribution in [2.24, 2.45) is 0 Å². The number of carbonyl (C=O) groups excluding carboxylic acids is 2. The van der Waals surface area contributed by atoms with Crippen LogP contribution in [0.3, 0.4) is 0 Å². The van der Waals surface area contributed by atoms with E-state index in [1.54, 1.807) is 30.3 Å². The van der Waals surface area contributed by atoms with E-state index in [1.165, 1.54) is 17.6 Å². The average Bonchev–Trinajstić information content (AvgIpc) is 3.37. The molecule has 0 bridgehead atoms. The van der Waals surface area contributed by atoms with Gasteiger partial charge in [-0.05, 0) is 31.2 Å². The first-order valence-corrected chi connectivity index (χ1v) is 9.31. The molecule has 0 atom stereocenters. The minimum atomic E-state index is -0.614. The molecule has 0 saturated carbocycles. The van der Waals surface area contributed by atoms with E-state index in [1.807, 2.05) is 24.4 Å². The second-order valence-electron chi connectivity index (χ2n) is 5.97. The number of rotatable bonds is 5. The third kappa shape index (κ3) is 3.77. The van der Waals surface area contributed by atoms with Gasteiger partial charge in [-0.15, -0.1) is 11.3 Å². The molecule has 3 heterocycles. The van der Waals surface area contributed by atoms with Crippen LogP contribution in [0.5, 0.6) is 0 Å². The maximum atomic E-state index is 12.7. The summed E-state index contributed by atoms with van der Waals surface area (Å²) in [7, 11) is 0. The van der Waals surface area contributed by atoms with Crippen LogP contribution in [0.15, 0.2) is 58.5 Å². The number of amides is 1. The Morgan fingerprint density at radius 3 is 2.79 bits per heavy atom. The molecule has 1 amide bonds. The quantitative estimate of drug-likeness (QED) is 0.514. The van der Waals surface area contributed by atoms with Gasteiger partial charge in [-0.2, -0.15) is 0 Å². The van der Waals surface area contributed by atoms with E-state index >= 15 is 0 Å². The monoisotopic (exact) mass is 393 g/mol. The molecule has 0 aliphatic rings. The number of thiazole rings is 1. The molecule has 0 spiro atoms. The Morgan fingerprint density at radius 2 is 2.04 bits per heavy atom. The zero-order chi connectivity index (χ0) is 19.5. The van der Waals surface area contributed by atoms with Crippen molar-refractivity contribution in [1.29, 1.82) is 0 Å². The number of pyridine rings is 1. The Labute approximate surface area is 164 Å². The fraction of sp³-hybridized carbons (Fsp3) is 0.100. The number of hydrogen-bond acceptors (Lipinski definition) is 7. The van der Waals surface area contributed by atoms with Crippen molar-refractivity contribution < 1.29 is 18.7 Å². The van der Waals surface area contributed by atoms with Crippen LogP contribution in [0, 0.1) is 6.92 Å². The molecule has 8 heteroatoms. The molecule has 3 aromatic heterocycles. The molecule has 0 saturated heterocycles. The van der Waals surface area contributed by atoms with E-state index < -0.39 is 18.5 Å². The minimum Gasteiger partial charge on any atom is -0.463 e. The first kappa shape index (κ1) is 17.9. The molecule has 4 rings (SSSR count). The molecule has 1 N–H and O–H groups in total. The number of aryl methyl sites for hydroxylation is 1. The Bertz CT molecular complexity index is 1150. The van der Waals surface area contributed by atoms with Gasteiger partial charge >= 0.3 is 5.97 Å². The molecule has 0 radical (unpaired) electrons. The van der Waals surface area contributed by atoms with Gasteiger partial charge in [0.15, 0.2) is 17.5 Å². The minimum absolute atomic E-state index is 0.315. The highest BCUT2D eigenvalue weighted by molar-refractivity contribution is 7.13. The molecule has 0 fully saturated rings. The lowest BCUT2D eigenvalue weighted by Crippen LogP contribution is -2.21. The highest BCUT2D eigenvalue weighted by Crippen LogP contribution is 2.25. The summed E-state index contributed by atoms with van der Waals surface area (Å²) >= 11 is 1.31. The topological polar surface area (TPSA) is 94.3 Å². The van der Waals surface area contributed by atoms with E-state index in [0.29, 0.717) is 33.1 Å². The van der Waals surface area contributed by atoms with Gasteiger partial charge in [0, 0.05) is 10.8 Å². The van der Waals surface area contributed by atoms with Crippen molar-refractivity contribution in [3.63, 3.8) is 0 Å². The SMILES string of the molecule is Cc1csc(NC(=O)COC(=O)c2cc(-c3ccco3)nc3ccccc23)n1. The standard InChI is InChI=1S/C20H15N3O4S/c1-12-11-28-20(21-12)23-18(24)10-27-19(25)14-9-16(17-7-4-8-26-17)22-15-6-3-2-5-13(14)15/h2-9,11H,10H2,1H3,(H,21,23,24). The molecule has 0 aliphatic heterocycles. The smallest absolute Gasteiger partial charge is 0.339 e. The first-order chi connectivity index (χ1) is 13.6. The van der Waals surface area contributed by atoms with Gasteiger partial charge in [-0.3, -0.25) is 10.1 Å². The zero-order valence-electron chi connectivity index (χ0n) is 14.8. The molecule has 0 unspecified atom stereocenters. The van der Waals surface area contributed by atoms with Crippen molar-refractivity contribution >= 4 is 39.2 Å². The van der Waals surface area contributed by atoms with Crippen LogP contribution in [0.1, 0.15) is 16.1 Å². The summed E-state index contributed by atoms with van der Waals surface area (Å²) in [4.78, 5) is 33.4. The molecule has 140 valence electrons. The lowest BCUT2D eigenvalue weighted by molar-refractivity contribution is -0.119. The van der Waals surface area contributed by atoms with Gasteiger partial charge in [0.2, 0.25) is 0 Å². The highest BCUT2D eigenvalue weighted by Gasteiger charge is 2.17. The summed E-state index contributed by atoms with van der Waals surface area (Å²) in [5.41, 5.74) is 2.27. The molecular weight excluding hydrogens is 378 g/mol. The lowest BCUT2D eigenvalue weighted by atomic mass is 10.1. The van der Waals surface area contributed by atoms with Crippen LogP contribution < -0.4 is 5.32 Å². The summed E-state index contributed by atoms with van der Waals surface area (Å²) in [5.74, 6) is -0.527. The summed E-state index contributed by atoms with van der Waals surface area (Å²) in [6.07, 6.45) is 1.54. The Kier molecular flexibility index (Phi) is 4.86. The van der Waals surface area contributed by atoms with E-state index in [-0.39, 0.29) is 0 Å². The molecule has 7 nitrogen and oxygen atoms in total. The Balaban J connectivity index is 1.55. The predicted octanol–water partition coefficient (Wildman–Crippen LogP) is 4.06. The molecule has 0 aliphatic carbocycles. The maximum absolute atomic E-state index is 12.7. The van der Waals surface area contributed by atoms with E-state index in [4.69, 9.17) is 9.15 Å². The number of ether oxygens (including phenoxy) is 1. The third-order valence-corrected chi connectivity index (χ3v) is 4.79. The van der Waals surface area contributed by atoms with Crippen molar-refractivity contribution in [3.8, 4) is 11.5 Å². The number of benzene rings is 1. The summed E-state index contributed by atoms with van der Waals surface area (Å²) < 4.78 is 10.6. The number of furan rings is 1. The number of nitrogens with one attached hydrogen (secondary N) is 1. The number of anilines is 1. The zero-order valence-corrected chi connectivity index (χ0v) is 15.7. The van der Waals surface area contributed by atoms with Crippen molar-refractivity contribution in [2.45, 2.75) is 6.92 Å². The van der Waals surface area contributed by atoms with Gasteiger partial charge in [-0.1, -0.05) is 18.2 Å². The molecule has 4 aromatic rings. The Hall–Kier alpha value is -3.52. The number of fused-ring (bicyclic) bond motifs is 1. The van der Waals surface area contributed by atoms with Crippen LogP contribution in [0.2, 0.25) is 0 Å². The van der Waals surface area contributed by atoms with Gasteiger partial charge in [0.05, 0.1) is 23.0 Å². The van der Waals surface area contributed by atoms with Crippen LogP contribution in [-0.4, -0.2) is 28.5 Å². The number of esters is 1. The first-order valence-electron chi connectivity index (χ1n) is 8.43.